The van der Waals surface area contributed by atoms with Crippen LogP contribution < -0.4 is 9.64 Å². The summed E-state index contributed by atoms with van der Waals surface area (Å²) < 4.78 is 4.88. The molecule has 1 saturated heterocycles. The average Bonchev–Trinajstić information content (AvgIpc) is 2.46. The molecule has 1 atom stereocenters. The summed E-state index contributed by atoms with van der Waals surface area (Å²) >= 11 is 0. The number of hydrogen-bond acceptors (Lipinski definition) is 7. The highest BCUT2D eigenvalue weighted by molar-refractivity contribution is 5.72. The molecule has 2 rings (SSSR count). The molecule has 1 N–H and O–H groups in total. The van der Waals surface area contributed by atoms with E-state index in [-0.39, 0.29) is 23.9 Å². The molecule has 0 aromatic carbocycles. The van der Waals surface area contributed by atoms with E-state index >= 15 is 0 Å². The van der Waals surface area contributed by atoms with Gasteiger partial charge in [0, 0.05) is 13.1 Å². The van der Waals surface area contributed by atoms with Crippen molar-refractivity contribution in [1.29, 1.82) is 0 Å². The molecule has 1 aromatic rings. The lowest BCUT2D eigenvalue weighted by Gasteiger charge is -2.31. The summed E-state index contributed by atoms with van der Waals surface area (Å²) in [4.78, 5) is 30.8. The van der Waals surface area contributed by atoms with Gasteiger partial charge in [0.15, 0.2) is 0 Å². The fourth-order valence-corrected chi connectivity index (χ4v) is 2.27. The van der Waals surface area contributed by atoms with Crippen LogP contribution in [0.3, 0.4) is 0 Å². The summed E-state index contributed by atoms with van der Waals surface area (Å²) in [7, 11) is 1.29. The number of carboxylic acids is 1. The third kappa shape index (κ3) is 2.60. The molecule has 0 spiro atoms. The predicted molar refractivity (Wildman–Crippen MR) is 67.8 cm³/mol. The topological polar surface area (TPSA) is 119 Å². The summed E-state index contributed by atoms with van der Waals surface area (Å²) in [5, 5.41) is 20.2. The Morgan fingerprint density at radius 1 is 1.60 bits per heavy atom. The Hall–Kier alpha value is -2.45. The van der Waals surface area contributed by atoms with Gasteiger partial charge >= 0.3 is 11.7 Å². The number of nitrogens with zero attached hydrogens (tertiary/aromatic N) is 4. The van der Waals surface area contributed by atoms with Gasteiger partial charge < -0.3 is 14.7 Å². The number of aromatic nitrogens is 2. The molecule has 1 fully saturated rings. The van der Waals surface area contributed by atoms with Crippen molar-refractivity contribution < 1.29 is 19.6 Å². The molecule has 1 aliphatic rings. The minimum absolute atomic E-state index is 0.104. The van der Waals surface area contributed by atoms with Crippen LogP contribution in [0.2, 0.25) is 0 Å². The second kappa shape index (κ2) is 5.68. The number of nitro groups is 1. The van der Waals surface area contributed by atoms with Gasteiger partial charge in [0.25, 0.3) is 5.88 Å². The van der Waals surface area contributed by atoms with E-state index < -0.39 is 16.8 Å². The number of hydrogen-bond donors (Lipinski definition) is 1. The summed E-state index contributed by atoms with van der Waals surface area (Å²) in [6.07, 6.45) is 2.37. The molecule has 9 nitrogen and oxygen atoms in total. The van der Waals surface area contributed by atoms with E-state index in [1.807, 2.05) is 0 Å². The number of carbonyl (C=O) groups is 1. The second-order valence-electron chi connectivity index (χ2n) is 4.44. The van der Waals surface area contributed by atoms with Crippen LogP contribution in [0.4, 0.5) is 11.5 Å². The average molecular weight is 282 g/mol. The molecule has 0 bridgehead atoms. The minimum Gasteiger partial charge on any atom is -0.481 e. The Morgan fingerprint density at radius 2 is 2.35 bits per heavy atom. The first-order chi connectivity index (χ1) is 9.54. The maximum absolute atomic E-state index is 11.2. The van der Waals surface area contributed by atoms with Gasteiger partial charge in [-0.05, 0) is 12.8 Å². The Bertz CT molecular complexity index is 536. The monoisotopic (exact) mass is 282 g/mol. The van der Waals surface area contributed by atoms with Crippen LogP contribution in [0.1, 0.15) is 12.8 Å². The molecule has 20 heavy (non-hydrogen) atoms. The van der Waals surface area contributed by atoms with Crippen molar-refractivity contribution in [3.8, 4) is 5.88 Å². The molecule has 1 unspecified atom stereocenters. The third-order valence-corrected chi connectivity index (χ3v) is 3.22. The van der Waals surface area contributed by atoms with Gasteiger partial charge in [-0.25, -0.2) is 4.98 Å². The van der Waals surface area contributed by atoms with Gasteiger partial charge in [-0.1, -0.05) is 0 Å². The molecule has 0 amide bonds. The predicted octanol–water partition coefficient (Wildman–Crippen LogP) is 0.694. The Balaban J connectivity index is 2.37. The molecule has 0 aliphatic carbocycles. The highest BCUT2D eigenvalue weighted by atomic mass is 16.6. The zero-order valence-corrected chi connectivity index (χ0v) is 10.9. The van der Waals surface area contributed by atoms with Crippen LogP contribution in [0.25, 0.3) is 0 Å². The Morgan fingerprint density at radius 3 is 2.95 bits per heavy atom. The largest absolute Gasteiger partial charge is 0.481 e. The minimum atomic E-state index is -0.904. The van der Waals surface area contributed by atoms with Crippen LogP contribution in [-0.4, -0.2) is 46.2 Å². The van der Waals surface area contributed by atoms with E-state index in [1.165, 1.54) is 13.4 Å². The first-order valence-electron chi connectivity index (χ1n) is 6.05. The van der Waals surface area contributed by atoms with Gasteiger partial charge in [-0.15, -0.1) is 0 Å². The molecule has 0 radical (unpaired) electrons. The Labute approximate surface area is 114 Å². The molecule has 9 heteroatoms. The normalized spacial score (nSPS) is 18.6. The Kier molecular flexibility index (Phi) is 3.97. The van der Waals surface area contributed by atoms with Crippen LogP contribution >= 0.6 is 0 Å². The second-order valence-corrected chi connectivity index (χ2v) is 4.44. The molecule has 2 heterocycles. The zero-order chi connectivity index (χ0) is 14.7. The summed E-state index contributed by atoms with van der Waals surface area (Å²) in [5.41, 5.74) is -0.332. The third-order valence-electron chi connectivity index (χ3n) is 3.22. The van der Waals surface area contributed by atoms with Gasteiger partial charge in [0.05, 0.1) is 18.0 Å². The molecule has 1 aromatic heterocycles. The van der Waals surface area contributed by atoms with Gasteiger partial charge in [-0.3, -0.25) is 14.9 Å². The lowest BCUT2D eigenvalue weighted by molar-refractivity contribution is -0.385. The standard InChI is InChI=1S/C11H14N4O5/c1-20-10-8(15(18)19)9(12-6-13-10)14-4-2-3-7(5-14)11(16)17/h6-7H,2-5H2,1H3,(H,16,17). The van der Waals surface area contributed by atoms with E-state index in [1.54, 1.807) is 4.90 Å². The van der Waals surface area contributed by atoms with Gasteiger partial charge in [0.1, 0.15) is 6.33 Å². The van der Waals surface area contributed by atoms with Crippen molar-refractivity contribution in [1.82, 2.24) is 9.97 Å². The number of methoxy groups -OCH3 is 1. The number of piperidine rings is 1. The fraction of sp³-hybridized carbons (Fsp3) is 0.545. The lowest BCUT2D eigenvalue weighted by atomic mass is 9.98. The molecule has 0 saturated carbocycles. The summed E-state index contributed by atoms with van der Waals surface area (Å²) in [6, 6.07) is 0. The van der Waals surface area contributed by atoms with Gasteiger partial charge in [-0.2, -0.15) is 4.98 Å². The molecular weight excluding hydrogens is 268 g/mol. The number of carboxylic acid groups (broad SMARTS) is 1. The number of anilines is 1. The quantitative estimate of drug-likeness (QED) is 0.633. The maximum atomic E-state index is 11.2. The fourth-order valence-electron chi connectivity index (χ4n) is 2.27. The van der Waals surface area contributed by atoms with Crippen molar-refractivity contribution in [3.63, 3.8) is 0 Å². The van der Waals surface area contributed by atoms with Crippen LogP contribution in [-0.2, 0) is 4.79 Å². The highest BCUT2D eigenvalue weighted by Gasteiger charge is 2.32. The van der Waals surface area contributed by atoms with E-state index in [2.05, 4.69) is 9.97 Å². The van der Waals surface area contributed by atoms with E-state index in [0.717, 1.165) is 0 Å². The number of rotatable bonds is 4. The lowest BCUT2D eigenvalue weighted by Crippen LogP contribution is -2.39. The molecule has 108 valence electrons. The van der Waals surface area contributed by atoms with Gasteiger partial charge in [0.2, 0.25) is 5.82 Å². The van der Waals surface area contributed by atoms with Crippen LogP contribution in [0.5, 0.6) is 5.88 Å². The van der Waals surface area contributed by atoms with Crippen molar-refractivity contribution >= 4 is 17.5 Å². The number of ether oxygens (including phenoxy) is 1. The summed E-state index contributed by atoms with van der Waals surface area (Å²) in [6.45, 7) is 0.709. The van der Waals surface area contributed by atoms with Crippen molar-refractivity contribution in [3.05, 3.63) is 16.4 Å². The smallest absolute Gasteiger partial charge is 0.372 e. The van der Waals surface area contributed by atoms with Crippen LogP contribution in [0, 0.1) is 16.0 Å². The van der Waals surface area contributed by atoms with Crippen molar-refractivity contribution in [2.45, 2.75) is 12.8 Å². The first-order valence-corrected chi connectivity index (χ1v) is 6.05. The molecule has 1 aliphatic heterocycles. The zero-order valence-electron chi connectivity index (χ0n) is 10.9. The van der Waals surface area contributed by atoms with E-state index in [4.69, 9.17) is 9.84 Å². The van der Waals surface area contributed by atoms with E-state index in [9.17, 15) is 14.9 Å². The number of aliphatic carboxylic acids is 1. The SMILES string of the molecule is COc1ncnc(N2CCCC(C(=O)O)C2)c1[N+](=O)[O-]. The first kappa shape index (κ1) is 14.0. The maximum Gasteiger partial charge on any atom is 0.372 e. The van der Waals surface area contributed by atoms with Crippen molar-refractivity contribution in [2.75, 3.05) is 25.1 Å². The molecular formula is C11H14N4O5. The highest BCUT2D eigenvalue weighted by Crippen LogP contribution is 2.35. The van der Waals surface area contributed by atoms with Crippen LogP contribution in [0.15, 0.2) is 6.33 Å². The van der Waals surface area contributed by atoms with Crippen molar-refractivity contribution in [2.24, 2.45) is 5.92 Å². The van der Waals surface area contributed by atoms with E-state index in [0.29, 0.717) is 19.4 Å². The summed E-state index contributed by atoms with van der Waals surface area (Å²) in [5.74, 6) is -1.48.